The van der Waals surface area contributed by atoms with Gasteiger partial charge in [-0.3, -0.25) is 4.99 Å². The van der Waals surface area contributed by atoms with E-state index in [2.05, 4.69) is 41.0 Å². The molecule has 0 spiro atoms. The summed E-state index contributed by atoms with van der Waals surface area (Å²) >= 11 is 0. The summed E-state index contributed by atoms with van der Waals surface area (Å²) < 4.78 is 0. The molecule has 0 radical (unpaired) electrons. The van der Waals surface area contributed by atoms with Crippen LogP contribution in [0.1, 0.15) is 46.0 Å². The van der Waals surface area contributed by atoms with Gasteiger partial charge in [0.05, 0.1) is 0 Å². The average molecular weight is 410 g/mol. The summed E-state index contributed by atoms with van der Waals surface area (Å²) in [5.41, 5.74) is 0. The largest absolute Gasteiger partial charge is 0.356 e. The van der Waals surface area contributed by atoms with Gasteiger partial charge in [-0.05, 0) is 38.3 Å². The number of nitrogens with zero attached hydrogens (tertiary/aromatic N) is 3. The van der Waals surface area contributed by atoms with Crippen LogP contribution in [0.3, 0.4) is 0 Å². The Hall–Kier alpha value is -0.0400. The molecule has 0 bridgehead atoms. The normalized spacial score (nSPS) is 18.0. The van der Waals surface area contributed by atoms with Crippen molar-refractivity contribution < 1.29 is 0 Å². The first kappa shape index (κ1) is 21.0. The zero-order valence-corrected chi connectivity index (χ0v) is 16.7. The van der Waals surface area contributed by atoms with E-state index in [1.54, 1.807) is 0 Å². The Morgan fingerprint density at radius 2 is 1.95 bits per heavy atom. The van der Waals surface area contributed by atoms with E-state index >= 15 is 0 Å². The monoisotopic (exact) mass is 410 g/mol. The molecular formula is C16H35IN4. The first-order valence-corrected chi connectivity index (χ1v) is 8.31. The minimum absolute atomic E-state index is 0. The molecule has 1 heterocycles. The molecule has 0 aromatic heterocycles. The number of nitrogens with one attached hydrogen (secondary N) is 1. The van der Waals surface area contributed by atoms with E-state index in [1.807, 2.05) is 7.05 Å². The van der Waals surface area contributed by atoms with Gasteiger partial charge in [-0.25, -0.2) is 0 Å². The molecule has 21 heavy (non-hydrogen) atoms. The molecule has 1 fully saturated rings. The molecule has 1 unspecified atom stereocenters. The van der Waals surface area contributed by atoms with Gasteiger partial charge in [-0.2, -0.15) is 0 Å². The molecule has 1 rings (SSSR count). The number of aliphatic imine (C=N–C) groups is 1. The van der Waals surface area contributed by atoms with Crippen LogP contribution in [0, 0.1) is 5.92 Å². The van der Waals surface area contributed by atoms with Crippen molar-refractivity contribution >= 4 is 29.9 Å². The van der Waals surface area contributed by atoms with Gasteiger partial charge >= 0.3 is 0 Å². The predicted octanol–water partition coefficient (Wildman–Crippen LogP) is 3.03. The third kappa shape index (κ3) is 8.86. The van der Waals surface area contributed by atoms with E-state index < -0.39 is 0 Å². The average Bonchev–Trinajstić information content (AvgIpc) is 2.46. The zero-order chi connectivity index (χ0) is 14.8. The van der Waals surface area contributed by atoms with Crippen LogP contribution in [0.4, 0.5) is 0 Å². The molecule has 126 valence electrons. The predicted molar refractivity (Wildman–Crippen MR) is 104 cm³/mol. The number of piperidine rings is 1. The lowest BCUT2D eigenvalue weighted by Crippen LogP contribution is -2.43. The molecular weight excluding hydrogens is 375 g/mol. The van der Waals surface area contributed by atoms with E-state index in [0.29, 0.717) is 5.92 Å². The second-order valence-corrected chi connectivity index (χ2v) is 6.17. The SMILES string of the molecule is CCCCN(C)C(=NC)NCC(C)CN1CCCCC1.I. The van der Waals surface area contributed by atoms with Crippen molar-refractivity contribution in [3.63, 3.8) is 0 Å². The third-order valence-electron chi connectivity index (χ3n) is 4.05. The Morgan fingerprint density at radius 3 is 2.52 bits per heavy atom. The van der Waals surface area contributed by atoms with Gasteiger partial charge < -0.3 is 15.1 Å². The van der Waals surface area contributed by atoms with Crippen LogP contribution in [-0.2, 0) is 0 Å². The maximum absolute atomic E-state index is 4.38. The summed E-state index contributed by atoms with van der Waals surface area (Å²) in [5.74, 6) is 1.70. The Balaban J connectivity index is 0.00000400. The summed E-state index contributed by atoms with van der Waals surface area (Å²) in [5, 5.41) is 3.52. The van der Waals surface area contributed by atoms with Crippen molar-refractivity contribution in [3.05, 3.63) is 0 Å². The number of likely N-dealkylation sites (tertiary alicyclic amines) is 1. The lowest BCUT2D eigenvalue weighted by atomic mass is 10.1. The van der Waals surface area contributed by atoms with Gasteiger partial charge in [-0.15, -0.1) is 24.0 Å². The van der Waals surface area contributed by atoms with Crippen molar-refractivity contribution in [1.29, 1.82) is 0 Å². The Morgan fingerprint density at radius 1 is 1.29 bits per heavy atom. The highest BCUT2D eigenvalue weighted by Gasteiger charge is 2.14. The zero-order valence-electron chi connectivity index (χ0n) is 14.4. The first-order valence-electron chi connectivity index (χ1n) is 8.31. The van der Waals surface area contributed by atoms with E-state index in [1.165, 1.54) is 51.7 Å². The van der Waals surface area contributed by atoms with Crippen molar-refractivity contribution in [3.8, 4) is 0 Å². The summed E-state index contributed by atoms with van der Waals surface area (Å²) in [4.78, 5) is 9.22. The maximum atomic E-state index is 4.38. The number of hydrogen-bond donors (Lipinski definition) is 1. The van der Waals surface area contributed by atoms with Crippen LogP contribution in [0.5, 0.6) is 0 Å². The van der Waals surface area contributed by atoms with Crippen molar-refractivity contribution in [2.24, 2.45) is 10.9 Å². The lowest BCUT2D eigenvalue weighted by molar-refractivity contribution is 0.200. The van der Waals surface area contributed by atoms with Crippen LogP contribution < -0.4 is 5.32 Å². The molecule has 1 aliphatic rings. The van der Waals surface area contributed by atoms with E-state index in [0.717, 1.165) is 19.0 Å². The maximum Gasteiger partial charge on any atom is 0.193 e. The molecule has 1 aliphatic heterocycles. The van der Waals surface area contributed by atoms with Crippen LogP contribution in [0.15, 0.2) is 4.99 Å². The van der Waals surface area contributed by atoms with Gasteiger partial charge in [0.1, 0.15) is 0 Å². The minimum atomic E-state index is 0. The van der Waals surface area contributed by atoms with Gasteiger partial charge in [0.25, 0.3) is 0 Å². The number of guanidine groups is 1. The molecule has 4 nitrogen and oxygen atoms in total. The summed E-state index contributed by atoms with van der Waals surface area (Å²) in [6.07, 6.45) is 6.62. The lowest BCUT2D eigenvalue weighted by Gasteiger charge is -2.30. The van der Waals surface area contributed by atoms with Crippen molar-refractivity contribution in [2.75, 3.05) is 46.8 Å². The summed E-state index contributed by atoms with van der Waals surface area (Å²) in [7, 11) is 4.00. The van der Waals surface area contributed by atoms with Gasteiger partial charge in [0.15, 0.2) is 5.96 Å². The number of halogens is 1. The second kappa shape index (κ2) is 12.5. The molecule has 0 aliphatic carbocycles. The highest BCUT2D eigenvalue weighted by molar-refractivity contribution is 14.0. The fourth-order valence-electron chi connectivity index (χ4n) is 2.80. The molecule has 0 amide bonds. The van der Waals surface area contributed by atoms with Crippen LogP contribution >= 0.6 is 24.0 Å². The standard InChI is InChI=1S/C16H34N4.HI/c1-5-6-10-19(4)16(17-3)18-13-15(2)14-20-11-8-7-9-12-20;/h15H,5-14H2,1-4H3,(H,17,18);1H. The van der Waals surface area contributed by atoms with E-state index in [4.69, 9.17) is 0 Å². The Kier molecular flexibility index (Phi) is 12.5. The smallest absolute Gasteiger partial charge is 0.193 e. The highest BCUT2D eigenvalue weighted by atomic mass is 127. The molecule has 1 atom stereocenters. The van der Waals surface area contributed by atoms with Crippen molar-refractivity contribution in [1.82, 2.24) is 15.1 Å². The second-order valence-electron chi connectivity index (χ2n) is 6.17. The van der Waals surface area contributed by atoms with Crippen LogP contribution in [0.25, 0.3) is 0 Å². The van der Waals surface area contributed by atoms with Gasteiger partial charge in [-0.1, -0.05) is 26.7 Å². The van der Waals surface area contributed by atoms with Gasteiger partial charge in [0, 0.05) is 33.7 Å². The summed E-state index contributed by atoms with van der Waals surface area (Å²) in [6, 6.07) is 0. The Bertz CT molecular complexity index is 277. The molecule has 0 aromatic rings. The number of unbranched alkanes of at least 4 members (excludes halogenated alkanes) is 1. The molecule has 0 aromatic carbocycles. The third-order valence-corrected chi connectivity index (χ3v) is 4.05. The van der Waals surface area contributed by atoms with Crippen LogP contribution in [-0.4, -0.2) is 62.6 Å². The molecule has 0 saturated carbocycles. The topological polar surface area (TPSA) is 30.9 Å². The van der Waals surface area contributed by atoms with Crippen LogP contribution in [0.2, 0.25) is 0 Å². The fourth-order valence-corrected chi connectivity index (χ4v) is 2.80. The quantitative estimate of drug-likeness (QED) is 0.398. The number of hydrogen-bond acceptors (Lipinski definition) is 2. The van der Waals surface area contributed by atoms with E-state index in [9.17, 15) is 0 Å². The molecule has 5 heteroatoms. The molecule has 1 saturated heterocycles. The Labute approximate surface area is 148 Å². The van der Waals surface area contributed by atoms with Crippen molar-refractivity contribution in [2.45, 2.75) is 46.0 Å². The van der Waals surface area contributed by atoms with E-state index in [-0.39, 0.29) is 24.0 Å². The first-order chi connectivity index (χ1) is 9.67. The summed E-state index contributed by atoms with van der Waals surface area (Å²) in [6.45, 7) is 10.4. The fraction of sp³-hybridized carbons (Fsp3) is 0.938. The van der Waals surface area contributed by atoms with Gasteiger partial charge in [0.2, 0.25) is 0 Å². The number of rotatable bonds is 7. The molecule has 1 N–H and O–H groups in total. The minimum Gasteiger partial charge on any atom is -0.356 e. The highest BCUT2D eigenvalue weighted by Crippen LogP contribution is 2.10.